The van der Waals surface area contributed by atoms with Gasteiger partial charge in [0, 0.05) is 45.3 Å². The van der Waals surface area contributed by atoms with Crippen LogP contribution in [0.5, 0.6) is 0 Å². The van der Waals surface area contributed by atoms with Crippen molar-refractivity contribution in [1.29, 1.82) is 0 Å². The Morgan fingerprint density at radius 1 is 0.475 bits per heavy atom. The lowest BCUT2D eigenvalue weighted by molar-refractivity contribution is -0.128. The summed E-state index contributed by atoms with van der Waals surface area (Å²) < 4.78 is 71.2. The molecular formula is C43H87N3O15. The lowest BCUT2D eigenvalue weighted by Crippen LogP contribution is -2.43. The molecule has 0 saturated carbocycles. The number of carbonyl (C=O) groups excluding carboxylic acids is 2. The number of hydrogen-bond donors (Lipinski definition) is 3. The SMILES string of the molecule is C=C(CCOCC(COCCC(=O)NCCOCCOCCOCCOC)NC(=O)COCCOCCOCCC(C)C)NCCOCCOCCOCCOC(C)C.CC. The Balaban J connectivity index is 0. The van der Waals surface area contributed by atoms with E-state index in [1.807, 2.05) is 27.7 Å². The Morgan fingerprint density at radius 3 is 1.39 bits per heavy atom. The molecule has 0 heterocycles. The van der Waals surface area contributed by atoms with Gasteiger partial charge in [-0.2, -0.15) is 0 Å². The second-order valence-electron chi connectivity index (χ2n) is 13.8. The maximum atomic E-state index is 12.6. The molecule has 0 radical (unpaired) electrons. The van der Waals surface area contributed by atoms with Gasteiger partial charge in [-0.05, 0) is 26.2 Å². The van der Waals surface area contributed by atoms with Crippen molar-refractivity contribution in [1.82, 2.24) is 16.0 Å². The summed E-state index contributed by atoms with van der Waals surface area (Å²) in [7, 11) is 1.63. The highest BCUT2D eigenvalue weighted by molar-refractivity contribution is 5.77. The van der Waals surface area contributed by atoms with Crippen molar-refractivity contribution in [3.8, 4) is 0 Å². The fourth-order valence-electron chi connectivity index (χ4n) is 4.44. The Bertz CT molecular complexity index is 938. The molecule has 2 amide bonds. The predicted octanol–water partition coefficient (Wildman–Crippen LogP) is 2.80. The molecule has 364 valence electrons. The van der Waals surface area contributed by atoms with Crippen molar-refractivity contribution in [2.45, 2.75) is 73.0 Å². The summed E-state index contributed by atoms with van der Waals surface area (Å²) in [4.78, 5) is 24.9. The highest BCUT2D eigenvalue weighted by Crippen LogP contribution is 1.99. The van der Waals surface area contributed by atoms with Crippen LogP contribution < -0.4 is 16.0 Å². The third-order valence-corrected chi connectivity index (χ3v) is 7.63. The average Bonchev–Trinajstić information content (AvgIpc) is 3.24. The average molecular weight is 886 g/mol. The molecular weight excluding hydrogens is 798 g/mol. The summed E-state index contributed by atoms with van der Waals surface area (Å²) in [6.45, 7) is 27.4. The zero-order valence-electron chi connectivity index (χ0n) is 39.1. The van der Waals surface area contributed by atoms with Crippen LogP contribution in [0.4, 0.5) is 0 Å². The van der Waals surface area contributed by atoms with Crippen molar-refractivity contribution in [3.05, 3.63) is 12.3 Å². The standard InChI is InChI=1S/C41H81N3O15.C2H6/c1-36(2)7-12-48-19-22-54-29-30-58-35-41(46)44-39(34-57-14-9-40(45)43-11-16-50-21-24-52-26-25-51-18-17-47-6)33-56-13-8-38(5)42-10-15-49-20-23-53-27-28-55-31-32-59-37(3)4;1-2/h36-37,39,42H,5,7-35H2,1-4,6H3,(H,43,45)(H,44,46);1-2H3. The van der Waals surface area contributed by atoms with Crippen LogP contribution in [0.2, 0.25) is 0 Å². The van der Waals surface area contributed by atoms with Crippen molar-refractivity contribution < 1.29 is 71.2 Å². The van der Waals surface area contributed by atoms with E-state index in [0.717, 1.165) is 12.1 Å². The van der Waals surface area contributed by atoms with E-state index in [4.69, 9.17) is 61.6 Å². The summed E-state index contributed by atoms with van der Waals surface area (Å²) in [6, 6.07) is -0.455. The molecule has 18 nitrogen and oxygen atoms in total. The lowest BCUT2D eigenvalue weighted by Gasteiger charge is -2.19. The molecule has 0 fully saturated rings. The van der Waals surface area contributed by atoms with E-state index in [1.165, 1.54) is 0 Å². The fourth-order valence-corrected chi connectivity index (χ4v) is 4.44. The molecule has 0 aromatic rings. The molecule has 0 spiro atoms. The molecule has 0 aliphatic heterocycles. The maximum Gasteiger partial charge on any atom is 0.246 e. The van der Waals surface area contributed by atoms with Gasteiger partial charge < -0.3 is 77.5 Å². The van der Waals surface area contributed by atoms with Gasteiger partial charge in [0.2, 0.25) is 11.8 Å². The van der Waals surface area contributed by atoms with E-state index < -0.39 is 6.04 Å². The minimum atomic E-state index is -0.455. The number of hydrogen-bond acceptors (Lipinski definition) is 16. The van der Waals surface area contributed by atoms with Gasteiger partial charge in [0.1, 0.15) is 6.61 Å². The van der Waals surface area contributed by atoms with Gasteiger partial charge >= 0.3 is 0 Å². The molecule has 0 aliphatic rings. The normalized spacial score (nSPS) is 11.8. The van der Waals surface area contributed by atoms with Crippen LogP contribution in [0.3, 0.4) is 0 Å². The summed E-state index contributed by atoms with van der Waals surface area (Å²) in [5.41, 5.74) is 0.808. The first-order valence-electron chi connectivity index (χ1n) is 22.2. The number of ether oxygens (including phenoxy) is 13. The summed E-state index contributed by atoms with van der Waals surface area (Å²) in [6.07, 6.45) is 1.94. The zero-order valence-corrected chi connectivity index (χ0v) is 39.1. The largest absolute Gasteiger partial charge is 0.386 e. The smallest absolute Gasteiger partial charge is 0.246 e. The molecule has 0 aliphatic carbocycles. The van der Waals surface area contributed by atoms with E-state index >= 15 is 0 Å². The molecule has 0 saturated heterocycles. The molecule has 0 bridgehead atoms. The van der Waals surface area contributed by atoms with Crippen LogP contribution in [-0.4, -0.2) is 203 Å². The quantitative estimate of drug-likeness (QED) is 0.0756. The highest BCUT2D eigenvalue weighted by atomic mass is 16.6. The summed E-state index contributed by atoms with van der Waals surface area (Å²) in [5, 5.41) is 8.93. The van der Waals surface area contributed by atoms with Crippen LogP contribution >= 0.6 is 0 Å². The van der Waals surface area contributed by atoms with Crippen molar-refractivity contribution in [2.24, 2.45) is 5.92 Å². The van der Waals surface area contributed by atoms with Crippen molar-refractivity contribution in [3.63, 3.8) is 0 Å². The Kier molecular flexibility index (Phi) is 50.6. The Morgan fingerprint density at radius 2 is 0.902 bits per heavy atom. The fraction of sp³-hybridized carbons (Fsp3) is 0.907. The van der Waals surface area contributed by atoms with Gasteiger partial charge in [0.25, 0.3) is 0 Å². The Labute approximate surface area is 368 Å². The third kappa shape index (κ3) is 52.2. The van der Waals surface area contributed by atoms with E-state index in [0.29, 0.717) is 151 Å². The van der Waals surface area contributed by atoms with Crippen LogP contribution in [0.1, 0.15) is 60.8 Å². The zero-order chi connectivity index (χ0) is 45.3. The van der Waals surface area contributed by atoms with Crippen LogP contribution in [0.15, 0.2) is 12.3 Å². The molecule has 3 N–H and O–H groups in total. The molecule has 1 unspecified atom stereocenters. The maximum absolute atomic E-state index is 12.6. The number of methoxy groups -OCH3 is 1. The minimum absolute atomic E-state index is 0.137. The van der Waals surface area contributed by atoms with Crippen LogP contribution in [0, 0.1) is 5.92 Å². The number of amides is 2. The van der Waals surface area contributed by atoms with Gasteiger partial charge in [-0.1, -0.05) is 34.3 Å². The molecule has 1 atom stereocenters. The molecule has 0 rings (SSSR count). The van der Waals surface area contributed by atoms with Gasteiger partial charge in [0.15, 0.2) is 0 Å². The van der Waals surface area contributed by atoms with Crippen LogP contribution in [-0.2, 0) is 71.2 Å². The van der Waals surface area contributed by atoms with E-state index in [1.54, 1.807) is 7.11 Å². The molecule has 0 aromatic heterocycles. The second-order valence-corrected chi connectivity index (χ2v) is 13.8. The first kappa shape index (κ1) is 61.0. The van der Waals surface area contributed by atoms with Gasteiger partial charge in [-0.15, -0.1) is 0 Å². The van der Waals surface area contributed by atoms with E-state index in [9.17, 15) is 9.59 Å². The van der Waals surface area contributed by atoms with Gasteiger partial charge in [-0.25, -0.2) is 0 Å². The van der Waals surface area contributed by atoms with Crippen molar-refractivity contribution in [2.75, 3.05) is 179 Å². The number of nitrogens with one attached hydrogen (secondary N) is 3. The number of carbonyl (C=O) groups is 2. The topological polar surface area (TPSA) is 190 Å². The third-order valence-electron chi connectivity index (χ3n) is 7.63. The van der Waals surface area contributed by atoms with Gasteiger partial charge in [-0.3, -0.25) is 9.59 Å². The first-order chi connectivity index (χ1) is 29.7. The summed E-state index contributed by atoms with van der Waals surface area (Å²) in [5.74, 6) is 0.127. The minimum Gasteiger partial charge on any atom is -0.386 e. The molecule has 61 heavy (non-hydrogen) atoms. The first-order valence-corrected chi connectivity index (χ1v) is 22.2. The summed E-state index contributed by atoms with van der Waals surface area (Å²) >= 11 is 0. The predicted molar refractivity (Wildman–Crippen MR) is 234 cm³/mol. The van der Waals surface area contributed by atoms with Crippen molar-refractivity contribution >= 4 is 11.8 Å². The van der Waals surface area contributed by atoms with E-state index in [2.05, 4.69) is 36.4 Å². The van der Waals surface area contributed by atoms with E-state index in [-0.39, 0.29) is 57.4 Å². The van der Waals surface area contributed by atoms with Gasteiger partial charge in [0.05, 0.1) is 157 Å². The monoisotopic (exact) mass is 886 g/mol. The molecule has 0 aromatic carbocycles. The highest BCUT2D eigenvalue weighted by Gasteiger charge is 2.14. The second kappa shape index (κ2) is 50.6. The Hall–Kier alpha value is -2.04. The van der Waals surface area contributed by atoms with Crippen LogP contribution in [0.25, 0.3) is 0 Å². The lowest BCUT2D eigenvalue weighted by atomic mass is 10.1. The molecule has 18 heteroatoms. The number of rotatable bonds is 48.